The molecule has 4 saturated carbocycles. The molecule has 4 nitrogen and oxygen atoms in total. The van der Waals surface area contributed by atoms with Crippen LogP contribution in [0.5, 0.6) is 0 Å². The third kappa shape index (κ3) is 3.93. The van der Waals surface area contributed by atoms with Gasteiger partial charge in [0.25, 0.3) is 0 Å². The fourth-order valence-corrected chi connectivity index (χ4v) is 6.42. The number of carboxylic acids is 1. The molecule has 4 aliphatic carbocycles. The van der Waals surface area contributed by atoms with Crippen LogP contribution < -0.4 is 5.11 Å². The Kier molecular flexibility index (Phi) is 5.56. The second-order valence-electron chi connectivity index (χ2n) is 8.98. The first-order valence-corrected chi connectivity index (χ1v) is 10.6. The van der Waals surface area contributed by atoms with Gasteiger partial charge in [-0.1, -0.05) is 12.1 Å². The maximum atomic E-state index is 11.5. The number of hydrogen-bond acceptors (Lipinski definition) is 4. The molecule has 5 rings (SSSR count). The van der Waals surface area contributed by atoms with Crippen molar-refractivity contribution < 1.29 is 19.4 Å². The van der Waals surface area contributed by atoms with Crippen molar-refractivity contribution in [2.75, 3.05) is 20.0 Å². The van der Waals surface area contributed by atoms with E-state index in [1.165, 1.54) is 49.7 Å². The molecule has 27 heavy (non-hydrogen) atoms. The van der Waals surface area contributed by atoms with E-state index in [0.717, 1.165) is 30.6 Å². The highest BCUT2D eigenvalue weighted by molar-refractivity contribution is 5.86. The summed E-state index contributed by atoms with van der Waals surface area (Å²) in [5, 5.41) is 11.5. The van der Waals surface area contributed by atoms with Crippen LogP contribution in [0.25, 0.3) is 0 Å². The lowest BCUT2D eigenvalue weighted by atomic mass is 9.47. The van der Waals surface area contributed by atoms with Gasteiger partial charge in [0.2, 0.25) is 0 Å². The highest BCUT2D eigenvalue weighted by Crippen LogP contribution is 2.61. The highest BCUT2D eigenvalue weighted by atomic mass is 16.7. The van der Waals surface area contributed by atoms with E-state index < -0.39 is 5.97 Å². The zero-order valence-electron chi connectivity index (χ0n) is 16.4. The summed E-state index contributed by atoms with van der Waals surface area (Å²) in [7, 11) is 0. The number of carboxylic acid groups (broad SMARTS) is 1. The average molecular weight is 371 g/mol. The minimum absolute atomic E-state index is 0.196. The van der Waals surface area contributed by atoms with Gasteiger partial charge in [-0.15, -0.1) is 0 Å². The van der Waals surface area contributed by atoms with E-state index in [-0.39, 0.29) is 5.41 Å². The van der Waals surface area contributed by atoms with Gasteiger partial charge >= 0.3 is 0 Å². The quantitative estimate of drug-likeness (QED) is 0.493. The van der Waals surface area contributed by atoms with E-state index >= 15 is 0 Å². The van der Waals surface area contributed by atoms with Gasteiger partial charge in [0.15, 0.2) is 0 Å². The molecule has 0 saturated heterocycles. The molecular weight excluding hydrogens is 340 g/mol. The minimum atomic E-state index is -1.06. The van der Waals surface area contributed by atoms with Crippen molar-refractivity contribution in [3.8, 4) is 0 Å². The van der Waals surface area contributed by atoms with Gasteiger partial charge < -0.3 is 19.4 Å². The monoisotopic (exact) mass is 371 g/mol. The Bertz CT molecular complexity index is 646. The van der Waals surface area contributed by atoms with E-state index in [1.807, 2.05) is 19.1 Å². The van der Waals surface area contributed by atoms with Gasteiger partial charge in [-0.2, -0.15) is 0 Å². The highest BCUT2D eigenvalue weighted by Gasteiger charge is 2.52. The molecule has 4 fully saturated rings. The molecule has 0 radical (unpaired) electrons. The zero-order chi connectivity index (χ0) is 18.9. The number of rotatable bonds is 9. The molecule has 148 valence electrons. The van der Waals surface area contributed by atoms with Crippen molar-refractivity contribution in [1.29, 1.82) is 0 Å². The molecule has 0 N–H and O–H groups in total. The minimum Gasteiger partial charge on any atom is -0.545 e. The summed E-state index contributed by atoms with van der Waals surface area (Å²) in [4.78, 5) is 11.5. The standard InChI is InChI=1S/C23H32O4/c1-2-26-15-27-7-3-4-19-5-6-20(22(24)25)11-21(19)23-12-16-8-17(13-23)10-18(9-16)14-23/h5-6,11,16-18H,2-4,7-10,12-15H2,1H3,(H,24,25)/p-1. The number of carbonyl (C=O) groups is 1. The van der Waals surface area contributed by atoms with E-state index in [0.29, 0.717) is 25.6 Å². The first kappa shape index (κ1) is 18.9. The predicted molar refractivity (Wildman–Crippen MR) is 101 cm³/mol. The molecule has 0 spiro atoms. The van der Waals surface area contributed by atoms with Crippen molar-refractivity contribution in [3.05, 3.63) is 34.9 Å². The number of hydrogen-bond donors (Lipinski definition) is 0. The summed E-state index contributed by atoms with van der Waals surface area (Å²) in [6, 6.07) is 5.69. The van der Waals surface area contributed by atoms with Crippen LogP contribution in [0.2, 0.25) is 0 Å². The number of aryl methyl sites for hydroxylation is 1. The molecule has 0 unspecified atom stereocenters. The molecule has 0 amide bonds. The van der Waals surface area contributed by atoms with Crippen molar-refractivity contribution in [2.24, 2.45) is 17.8 Å². The molecule has 4 heteroatoms. The SMILES string of the molecule is CCOCOCCCc1ccc(C(=O)[O-])cc1C12CC3CC(CC(C3)C1)C2. The summed E-state index contributed by atoms with van der Waals surface area (Å²) in [5.74, 6) is 1.45. The number of carbonyl (C=O) groups excluding carboxylic acids is 1. The van der Waals surface area contributed by atoms with Gasteiger partial charge in [-0.25, -0.2) is 0 Å². The van der Waals surface area contributed by atoms with Crippen LogP contribution >= 0.6 is 0 Å². The van der Waals surface area contributed by atoms with Crippen molar-refractivity contribution in [1.82, 2.24) is 0 Å². The van der Waals surface area contributed by atoms with Crippen LogP contribution in [0.15, 0.2) is 18.2 Å². The Hall–Kier alpha value is -1.39. The molecule has 1 aromatic rings. The van der Waals surface area contributed by atoms with Gasteiger partial charge in [0, 0.05) is 13.2 Å². The third-order valence-electron chi connectivity index (χ3n) is 7.06. The molecule has 1 aromatic carbocycles. The third-order valence-corrected chi connectivity index (χ3v) is 7.06. The van der Waals surface area contributed by atoms with Crippen LogP contribution in [-0.2, 0) is 21.3 Å². The lowest BCUT2D eigenvalue weighted by Crippen LogP contribution is -2.49. The molecule has 0 atom stereocenters. The van der Waals surface area contributed by atoms with E-state index in [2.05, 4.69) is 0 Å². The van der Waals surface area contributed by atoms with Crippen LogP contribution in [0.3, 0.4) is 0 Å². The molecule has 0 aliphatic heterocycles. The van der Waals surface area contributed by atoms with Crippen molar-refractivity contribution in [3.63, 3.8) is 0 Å². The van der Waals surface area contributed by atoms with Gasteiger partial charge in [0.1, 0.15) is 6.79 Å². The largest absolute Gasteiger partial charge is 0.545 e. The number of ether oxygens (including phenoxy) is 2. The second kappa shape index (κ2) is 7.92. The van der Waals surface area contributed by atoms with E-state index in [4.69, 9.17) is 9.47 Å². The summed E-state index contributed by atoms with van der Waals surface area (Å²) < 4.78 is 10.7. The van der Waals surface area contributed by atoms with Crippen LogP contribution in [0.4, 0.5) is 0 Å². The molecule has 4 aliphatic rings. The summed E-state index contributed by atoms with van der Waals surface area (Å²) in [5.41, 5.74) is 3.13. The molecular formula is C23H31O4-. The lowest BCUT2D eigenvalue weighted by molar-refractivity contribution is -0.255. The first-order chi connectivity index (χ1) is 13.1. The normalized spacial score (nSPS) is 31.4. The topological polar surface area (TPSA) is 58.6 Å². The molecule has 4 bridgehead atoms. The van der Waals surface area contributed by atoms with Crippen LogP contribution in [0, 0.1) is 17.8 Å². The van der Waals surface area contributed by atoms with Crippen molar-refractivity contribution in [2.45, 2.75) is 63.7 Å². The Morgan fingerprint density at radius 2 is 1.78 bits per heavy atom. The maximum absolute atomic E-state index is 11.5. The van der Waals surface area contributed by atoms with Gasteiger partial charge in [-0.3, -0.25) is 0 Å². The van der Waals surface area contributed by atoms with Gasteiger partial charge in [-0.05, 0) is 104 Å². The van der Waals surface area contributed by atoms with Crippen LogP contribution in [-0.4, -0.2) is 26.0 Å². The number of benzene rings is 1. The van der Waals surface area contributed by atoms with Gasteiger partial charge in [0.05, 0.1) is 5.97 Å². The smallest absolute Gasteiger partial charge is 0.146 e. The lowest BCUT2D eigenvalue weighted by Gasteiger charge is -2.57. The summed E-state index contributed by atoms with van der Waals surface area (Å²) in [6.07, 6.45) is 9.74. The zero-order valence-corrected chi connectivity index (χ0v) is 16.4. The molecule has 0 heterocycles. The molecule has 0 aromatic heterocycles. The first-order valence-electron chi connectivity index (χ1n) is 10.6. The fraction of sp³-hybridized carbons (Fsp3) is 0.696. The fourth-order valence-electron chi connectivity index (χ4n) is 6.42. The Morgan fingerprint density at radius 1 is 1.11 bits per heavy atom. The summed E-state index contributed by atoms with van der Waals surface area (Å²) >= 11 is 0. The number of aromatic carboxylic acids is 1. The predicted octanol–water partition coefficient (Wildman–Crippen LogP) is 3.46. The van der Waals surface area contributed by atoms with Crippen molar-refractivity contribution >= 4 is 5.97 Å². The Labute approximate surface area is 162 Å². The maximum Gasteiger partial charge on any atom is 0.146 e. The Balaban J connectivity index is 1.54. The van der Waals surface area contributed by atoms with Crippen LogP contribution in [0.1, 0.15) is 73.4 Å². The van der Waals surface area contributed by atoms with E-state index in [1.54, 1.807) is 6.07 Å². The summed E-state index contributed by atoms with van der Waals surface area (Å²) in [6.45, 7) is 3.64. The second-order valence-corrected chi connectivity index (χ2v) is 8.98. The van der Waals surface area contributed by atoms with E-state index in [9.17, 15) is 9.90 Å². The average Bonchev–Trinajstić information content (AvgIpc) is 2.63. The Morgan fingerprint density at radius 3 is 2.37 bits per heavy atom.